The van der Waals surface area contributed by atoms with Crippen molar-refractivity contribution in [3.63, 3.8) is 0 Å². The lowest BCUT2D eigenvalue weighted by Crippen LogP contribution is -2.42. The average Bonchev–Trinajstić information content (AvgIpc) is 1.52. The van der Waals surface area contributed by atoms with Crippen molar-refractivity contribution < 1.29 is 123 Å². The third-order valence-corrected chi connectivity index (χ3v) is 25.7. The topological polar surface area (TPSA) is 175 Å². The Kier molecular flexibility index (Phi) is 23.5. The Morgan fingerprint density at radius 1 is 0.444 bits per heavy atom. The van der Waals surface area contributed by atoms with Gasteiger partial charge < -0.3 is 43.1 Å². The normalized spacial score (nSPS) is 23.4. The summed E-state index contributed by atoms with van der Waals surface area (Å²) in [6, 6.07) is 1.25. The van der Waals surface area contributed by atoms with Crippen molar-refractivity contribution in [2.24, 2.45) is 11.8 Å². The van der Waals surface area contributed by atoms with Crippen molar-refractivity contribution in [1.29, 1.82) is 0 Å². The molecule has 6 atom stereocenters. The molecule has 0 radical (unpaired) electrons. The Hall–Kier alpha value is -11.4. The molecule has 0 N–H and O–H groups in total. The zero-order valence-electron chi connectivity index (χ0n) is 120. The van der Waals surface area contributed by atoms with Crippen LogP contribution in [0.3, 0.4) is 0 Å². The number of rotatable bonds is 39. The molecule has 0 fully saturated rings. The quantitative estimate of drug-likeness (QED) is 0.0202. The van der Waals surface area contributed by atoms with E-state index in [-0.39, 0.29) is 117 Å². The van der Waals surface area contributed by atoms with Gasteiger partial charge in [0.1, 0.15) is 37.1 Å². The first-order valence-corrected chi connectivity index (χ1v) is 48.1. The number of nitrogens with zero attached hydrogens (tertiary/aromatic N) is 12. The van der Waals surface area contributed by atoms with E-state index in [1.807, 2.05) is 0 Å². The van der Waals surface area contributed by atoms with Gasteiger partial charge in [-0.15, -0.1) is 0 Å². The van der Waals surface area contributed by atoms with E-state index < -0.39 is 361 Å². The van der Waals surface area contributed by atoms with Crippen LogP contribution in [0.5, 0.6) is 0 Å². The molecule has 6 unspecified atom stereocenters. The van der Waals surface area contributed by atoms with Gasteiger partial charge in [-0.05, 0) is 250 Å². The smallest absolute Gasteiger partial charge is 0.336 e. The molecule has 3 heterocycles. The first-order chi connectivity index (χ1) is 85.1. The summed E-state index contributed by atoms with van der Waals surface area (Å²) in [5, 5.41) is -1.11. The maximum atomic E-state index is 14.9. The zero-order valence-corrected chi connectivity index (χ0v) is 81.3. The summed E-state index contributed by atoms with van der Waals surface area (Å²) in [6.07, 6.45) is -25.6. The summed E-state index contributed by atoms with van der Waals surface area (Å²) in [6.45, 7) is -18.9. The standard InChI is InChI=1S/2C37H40F4N4O2S.C37H44F4N4O2S/c1-4-43(5-2)18-19-44(22-26-6-10-28(11-7-26)29-12-14-30(15-13-29)37(39,40)41)34(46)23-45-33-21-25(3)20-32(33)35(47)42-36(45)48-24-27-8-16-31(38)17-9-27;1-4-43(5-2)21-22-44(25(3)27-11-13-28(14-12-27)29-15-17-30(18-16-29)37(39,40)41)34(46)23-45-33-8-6-7-32(33)35(47)42-36(45)48-24-26-9-19-31(38)20-10-26;1-4-43(5-2)19-20-44(22-26-9-13-28(14-10-26)29-15-18-32(25(3)21-29)37(39,40)41)34(46)23-45-33-8-6-7-31(33)35(47)42-36(45)48-24-27-11-16-30(38)17-12-27/h6-17,25H,4-5,18-24H2,1-3H3;9-20,25H,4-8,21-24H2,1-3H3;9,11-13,15-18,25H,4-8,10,14,19-24H2,1-3H3/i8D,9D,16D,17D,18D2,19D2,20D2,21D2,22D2,25D;9D,10D,19D,20D,21D2,22D2,25D;9D,10D,11D,12D,13D,14D,15D,16D,17D,18D,19D2,20D2,21D,22D2. The predicted molar refractivity (Wildman–Crippen MR) is 545 cm³/mol. The van der Waals surface area contributed by atoms with Crippen LogP contribution in [0.15, 0.2) is 246 Å². The number of aromatic nitrogens is 6. The molecule has 18 nitrogen and oxygen atoms in total. The number of fused-ring (bicyclic) bond motifs is 3. The molecular formula is C111H124F12N12O6S3. The first kappa shape index (κ1) is 66.7. The van der Waals surface area contributed by atoms with Crippen LogP contribution in [-0.4, -0.2) is 167 Å². The third kappa shape index (κ3) is 29.3. The van der Waals surface area contributed by atoms with E-state index in [0.717, 1.165) is 81.3 Å². The van der Waals surface area contributed by atoms with Crippen molar-refractivity contribution in [2.75, 3.05) is 84.7 Å². The molecule has 3 amide bonds. The molecule has 5 aliphatic carbocycles. The lowest BCUT2D eigenvalue weighted by atomic mass is 9.82. The van der Waals surface area contributed by atoms with E-state index in [1.54, 1.807) is 13.8 Å². The summed E-state index contributed by atoms with van der Waals surface area (Å²) >= 11 is 1.78. The molecule has 144 heavy (non-hydrogen) atoms. The fourth-order valence-electron chi connectivity index (χ4n) is 14.9. The van der Waals surface area contributed by atoms with Crippen molar-refractivity contribution in [1.82, 2.24) is 58.1 Å². The van der Waals surface area contributed by atoms with Gasteiger partial charge >= 0.3 is 18.5 Å². The number of hydrogen-bond donors (Lipinski definition) is 0. The minimum atomic E-state index is -5.14. The van der Waals surface area contributed by atoms with Gasteiger partial charge in [0.15, 0.2) is 15.5 Å². The largest absolute Gasteiger partial charge is 0.416 e. The number of carbonyl (C=O) groups excluding carboxylic acids is 3. The Balaban J connectivity index is 0.000000225. The minimum Gasteiger partial charge on any atom is -0.336 e. The van der Waals surface area contributed by atoms with E-state index in [9.17, 15) is 96.5 Å². The molecule has 10 aromatic rings. The van der Waals surface area contributed by atoms with Gasteiger partial charge in [-0.3, -0.25) is 28.8 Å². The minimum absolute atomic E-state index is 0.0406. The molecule has 3 aromatic heterocycles. The van der Waals surface area contributed by atoms with Gasteiger partial charge in [0.2, 0.25) is 17.7 Å². The van der Waals surface area contributed by atoms with Gasteiger partial charge in [-0.2, -0.15) is 54.5 Å². The lowest BCUT2D eigenvalue weighted by Gasteiger charge is -2.33. The molecular weight excluding hydrogens is 1920 g/mol. The van der Waals surface area contributed by atoms with Crippen LogP contribution in [0.2, 0.25) is 0 Å². The second kappa shape index (κ2) is 50.6. The molecule has 0 saturated heterocycles. The van der Waals surface area contributed by atoms with E-state index in [0.29, 0.717) is 81.1 Å². The summed E-state index contributed by atoms with van der Waals surface area (Å²) < 4.78 is 525. The Labute approximate surface area is 903 Å². The number of alkyl halides is 9. The molecule has 15 rings (SSSR count). The number of likely N-dealkylation sites (N-methyl/N-ethyl adjacent to an activating group) is 3. The summed E-state index contributed by atoms with van der Waals surface area (Å²) in [5.41, 5.74) is -9.77. The Morgan fingerprint density at radius 2 is 0.819 bits per heavy atom. The molecule has 7 aromatic carbocycles. The molecule has 5 aliphatic rings. The van der Waals surface area contributed by atoms with Crippen LogP contribution in [0.25, 0.3) is 22.3 Å². The Morgan fingerprint density at radius 3 is 1.23 bits per heavy atom. The van der Waals surface area contributed by atoms with Crippen LogP contribution in [0.1, 0.15) is 229 Å². The third-order valence-electron chi connectivity index (χ3n) is 22.7. The summed E-state index contributed by atoms with van der Waals surface area (Å²) in [4.78, 5) is 100.0. The van der Waals surface area contributed by atoms with Crippen LogP contribution < -0.4 is 16.7 Å². The van der Waals surface area contributed by atoms with E-state index in [2.05, 4.69) is 15.0 Å². The highest BCUT2D eigenvalue weighted by molar-refractivity contribution is 7.98. The highest BCUT2D eigenvalue weighted by Crippen LogP contribution is 2.42. The first-order valence-electron chi connectivity index (χ1n) is 65.9. The summed E-state index contributed by atoms with van der Waals surface area (Å²) in [5.74, 6) is -14.6. The molecule has 0 spiro atoms. The number of benzene rings is 7. The van der Waals surface area contributed by atoms with E-state index in [1.165, 1.54) is 99.8 Å². The lowest BCUT2D eigenvalue weighted by molar-refractivity contribution is -0.138. The predicted octanol–water partition coefficient (Wildman–Crippen LogP) is 22.7. The average molecular weight is 2090 g/mol. The van der Waals surface area contributed by atoms with Crippen molar-refractivity contribution in [3.05, 3.63) is 337 Å². The fourth-order valence-corrected chi connectivity index (χ4v) is 17.6. The number of amides is 3. The molecule has 766 valence electrons. The molecule has 0 saturated carbocycles. The SMILES string of the molecule is [2H]C1=C(C2=C([2H])C([2H])=C(C(F)(F)F)C(C)C2[2H])C([2H])C([2H])C(C([2H])([2H])N(C(=O)Cn2c(SCc3c([2H])c([2H])c(F)c([2H])c3[2H])nc(=O)c3c2CCC3)C([2H])([2H])C([2H])([2H])N(CC)CC)=C1[2H].[2H]c1c([2H])c(CSc2nc(=O)c3c(n2CC(=O)N(C([2H])(C)c2ccc(-c4ccc(C(F)(F)F)cc4)cc2)C([2H])([2H])C([2H])([2H])N(CC)CC)CCC3)c([2H])c([2H])c1F.[2H]c1c([2H])c(CSc2nc(=O)c3c(n2CC(=O)N(C([2H])([2H])c2ccc(-c4ccc(C(F)(F)F)cc4)cc2)C([2H])([2H])C([2H])([2H])N(CC)CC)C([2H])([2H])C([2H])(C)C3([2H])[2H])c([2H])c([2H])c1F. The fraction of sp³-hybridized carbons (Fsp3) is 0.414. The molecule has 0 bridgehead atoms. The van der Waals surface area contributed by atoms with E-state index in [4.69, 9.17) is 41.1 Å². The molecule has 33 heteroatoms. The van der Waals surface area contributed by atoms with Gasteiger partial charge in [-0.25, -0.2) is 13.2 Å². The second-order valence-electron chi connectivity index (χ2n) is 32.2. The maximum Gasteiger partial charge on any atom is 0.416 e. The summed E-state index contributed by atoms with van der Waals surface area (Å²) in [7, 11) is 0. The Bertz CT molecular complexity index is 8670. The van der Waals surface area contributed by atoms with Crippen molar-refractivity contribution in [3.8, 4) is 22.3 Å². The molecule has 0 aliphatic heterocycles. The monoisotopic (exact) mass is 2090 g/mol. The second-order valence-corrected chi connectivity index (χ2v) is 35.0. The number of thioether (sulfide) groups is 3. The number of hydrogen-bond acceptors (Lipinski definition) is 15. The van der Waals surface area contributed by atoms with Crippen molar-refractivity contribution in [2.45, 2.75) is 216 Å². The number of halogens is 12. The highest BCUT2D eigenvalue weighted by atomic mass is 32.2. The van der Waals surface area contributed by atoms with Gasteiger partial charge in [0.05, 0.1) is 54.2 Å². The van der Waals surface area contributed by atoms with Crippen LogP contribution >= 0.6 is 35.3 Å². The van der Waals surface area contributed by atoms with Crippen LogP contribution in [0, 0.1) is 29.3 Å². The van der Waals surface area contributed by atoms with Crippen LogP contribution in [0.4, 0.5) is 52.7 Å². The maximum absolute atomic E-state index is 14.9. The van der Waals surface area contributed by atoms with Crippen LogP contribution in [-0.2, 0) is 109 Å². The number of carbonyl (C=O) groups is 3. The number of allylic oxidation sites excluding steroid dienone is 7. The van der Waals surface area contributed by atoms with Gasteiger partial charge in [0, 0.05) is 128 Å². The van der Waals surface area contributed by atoms with Gasteiger partial charge in [0.25, 0.3) is 16.7 Å². The highest BCUT2D eigenvalue weighted by Gasteiger charge is 2.40. The van der Waals surface area contributed by atoms with Gasteiger partial charge in [-0.1, -0.05) is 230 Å². The van der Waals surface area contributed by atoms with E-state index >= 15 is 0 Å². The van der Waals surface area contributed by atoms with Crippen molar-refractivity contribution >= 4 is 53.0 Å². The zero-order chi connectivity index (χ0) is 140.